The van der Waals surface area contributed by atoms with Gasteiger partial charge in [0.2, 0.25) is 5.91 Å². The highest BCUT2D eigenvalue weighted by atomic mass is 32.1. The van der Waals surface area contributed by atoms with Gasteiger partial charge >= 0.3 is 0 Å². The van der Waals surface area contributed by atoms with Gasteiger partial charge in [0.1, 0.15) is 11.5 Å². The van der Waals surface area contributed by atoms with Gasteiger partial charge in [-0.15, -0.1) is 11.3 Å². The fourth-order valence-electron chi connectivity index (χ4n) is 4.53. The summed E-state index contributed by atoms with van der Waals surface area (Å²) in [5.74, 6) is -1.70. The van der Waals surface area contributed by atoms with Crippen LogP contribution in [-0.4, -0.2) is 54.3 Å². The van der Waals surface area contributed by atoms with E-state index in [1.165, 1.54) is 11.3 Å². The van der Waals surface area contributed by atoms with Crippen LogP contribution in [0.4, 0.5) is 5.00 Å². The number of ether oxygens (including phenoxy) is 1. The second-order valence-corrected chi connectivity index (χ2v) is 9.30. The second-order valence-electron chi connectivity index (χ2n) is 8.20. The molecule has 4 amide bonds. The lowest BCUT2D eigenvalue weighted by Crippen LogP contribution is -2.37. The second kappa shape index (κ2) is 8.48. The molecule has 0 unspecified atom stereocenters. The summed E-state index contributed by atoms with van der Waals surface area (Å²) >= 11 is 1.40. The van der Waals surface area contributed by atoms with Gasteiger partial charge in [-0.2, -0.15) is 0 Å². The zero-order valence-electron chi connectivity index (χ0n) is 17.4. The number of nitrogens with zero attached hydrogens (tertiary/aromatic N) is 1. The lowest BCUT2D eigenvalue weighted by Gasteiger charge is -2.15. The molecule has 2 N–H and O–H groups in total. The van der Waals surface area contributed by atoms with Crippen molar-refractivity contribution in [2.75, 3.05) is 25.0 Å². The van der Waals surface area contributed by atoms with Crippen LogP contribution in [0.25, 0.3) is 0 Å². The molecule has 5 rings (SSSR count). The third-order valence-electron chi connectivity index (χ3n) is 6.10. The minimum Gasteiger partial charge on any atom is -0.376 e. The average Bonchev–Trinajstić information content (AvgIpc) is 3.55. The van der Waals surface area contributed by atoms with Gasteiger partial charge in [-0.05, 0) is 49.8 Å². The zero-order chi connectivity index (χ0) is 22.2. The smallest absolute Gasteiger partial charge is 0.262 e. The summed E-state index contributed by atoms with van der Waals surface area (Å²) in [5.41, 5.74) is 2.08. The molecule has 1 aliphatic carbocycles. The summed E-state index contributed by atoms with van der Waals surface area (Å²) in [7, 11) is 0. The lowest BCUT2D eigenvalue weighted by molar-refractivity contribution is -0.116. The Morgan fingerprint density at radius 2 is 1.84 bits per heavy atom. The van der Waals surface area contributed by atoms with Gasteiger partial charge in [0.25, 0.3) is 17.7 Å². The maximum atomic E-state index is 13.0. The Kier molecular flexibility index (Phi) is 5.52. The van der Waals surface area contributed by atoms with E-state index in [4.69, 9.17) is 4.74 Å². The molecule has 0 spiro atoms. The Bertz CT molecular complexity index is 1080. The molecule has 2 aliphatic heterocycles. The number of amides is 4. The number of imide groups is 1. The SMILES string of the molecule is O=C(CN1C(=O)c2ccccc2C1=O)Nc1sc2c(c1C(=O)NC[C@@H]1CCCO1)CCC2. The van der Waals surface area contributed by atoms with Crippen LogP contribution in [0.2, 0.25) is 0 Å². The number of carbonyl (C=O) groups is 4. The molecule has 0 radical (unpaired) electrons. The monoisotopic (exact) mass is 453 g/mol. The Morgan fingerprint density at radius 3 is 2.53 bits per heavy atom. The van der Waals surface area contributed by atoms with E-state index in [1.807, 2.05) is 0 Å². The summed E-state index contributed by atoms with van der Waals surface area (Å²) < 4.78 is 5.58. The van der Waals surface area contributed by atoms with E-state index < -0.39 is 24.3 Å². The van der Waals surface area contributed by atoms with Gasteiger partial charge in [0, 0.05) is 18.0 Å². The maximum Gasteiger partial charge on any atom is 0.262 e. The van der Waals surface area contributed by atoms with Crippen LogP contribution in [-0.2, 0) is 22.4 Å². The largest absolute Gasteiger partial charge is 0.376 e. The molecule has 1 atom stereocenters. The molecule has 1 saturated heterocycles. The Hall–Kier alpha value is -3.04. The fourth-order valence-corrected chi connectivity index (χ4v) is 5.83. The van der Waals surface area contributed by atoms with E-state index in [0.717, 1.165) is 47.4 Å². The van der Waals surface area contributed by atoms with Crippen LogP contribution in [0.3, 0.4) is 0 Å². The summed E-state index contributed by atoms with van der Waals surface area (Å²) in [6.45, 7) is 0.755. The van der Waals surface area contributed by atoms with Crippen molar-refractivity contribution in [1.82, 2.24) is 10.2 Å². The molecule has 0 bridgehead atoms. The minimum absolute atomic E-state index is 0.0255. The van der Waals surface area contributed by atoms with Crippen molar-refractivity contribution in [3.8, 4) is 0 Å². The first-order valence-corrected chi connectivity index (χ1v) is 11.6. The van der Waals surface area contributed by atoms with E-state index >= 15 is 0 Å². The number of fused-ring (bicyclic) bond motifs is 2. The van der Waals surface area contributed by atoms with E-state index in [2.05, 4.69) is 10.6 Å². The summed E-state index contributed by atoms with van der Waals surface area (Å²) in [4.78, 5) is 52.9. The summed E-state index contributed by atoms with van der Waals surface area (Å²) in [6, 6.07) is 6.52. The number of rotatable bonds is 6. The number of benzene rings is 1. The molecular weight excluding hydrogens is 430 g/mol. The number of carbonyl (C=O) groups excluding carboxylic acids is 4. The van der Waals surface area contributed by atoms with Crippen molar-refractivity contribution in [3.63, 3.8) is 0 Å². The molecule has 2 aromatic rings. The highest BCUT2D eigenvalue weighted by Gasteiger charge is 2.37. The number of nitrogens with one attached hydrogen (secondary N) is 2. The highest BCUT2D eigenvalue weighted by Crippen LogP contribution is 2.39. The molecule has 1 fully saturated rings. The number of anilines is 1. The molecule has 0 saturated carbocycles. The Labute approximate surface area is 188 Å². The van der Waals surface area contributed by atoms with Crippen LogP contribution in [0, 0.1) is 0 Å². The molecule has 32 heavy (non-hydrogen) atoms. The molecule has 3 heterocycles. The molecular formula is C23H23N3O5S. The molecule has 9 heteroatoms. The maximum absolute atomic E-state index is 13.0. The first-order valence-electron chi connectivity index (χ1n) is 10.8. The number of hydrogen-bond acceptors (Lipinski definition) is 6. The van der Waals surface area contributed by atoms with Crippen LogP contribution in [0.15, 0.2) is 24.3 Å². The predicted octanol–water partition coefficient (Wildman–Crippen LogP) is 2.38. The van der Waals surface area contributed by atoms with Gasteiger partial charge in [-0.3, -0.25) is 24.1 Å². The van der Waals surface area contributed by atoms with Crippen LogP contribution in [0.5, 0.6) is 0 Å². The topological polar surface area (TPSA) is 105 Å². The van der Waals surface area contributed by atoms with E-state index in [0.29, 0.717) is 34.8 Å². The average molecular weight is 454 g/mol. The molecule has 166 valence electrons. The zero-order valence-corrected chi connectivity index (χ0v) is 18.3. The van der Waals surface area contributed by atoms with Crippen LogP contribution >= 0.6 is 11.3 Å². The minimum atomic E-state index is -0.507. The Balaban J connectivity index is 1.30. The van der Waals surface area contributed by atoms with E-state index in [1.54, 1.807) is 24.3 Å². The number of thiophene rings is 1. The normalized spacial score (nSPS) is 19.2. The predicted molar refractivity (Wildman–Crippen MR) is 118 cm³/mol. The summed E-state index contributed by atoms with van der Waals surface area (Å²) in [6.07, 6.45) is 4.59. The Morgan fingerprint density at radius 1 is 1.09 bits per heavy atom. The van der Waals surface area contributed by atoms with Crippen LogP contribution in [0.1, 0.15) is 60.8 Å². The van der Waals surface area contributed by atoms with Crippen molar-refractivity contribution in [1.29, 1.82) is 0 Å². The molecule has 1 aromatic carbocycles. The standard InChI is InChI=1S/C23H23N3O5S/c27-18(12-26-22(29)14-6-1-2-7-15(14)23(26)30)25-21-19(16-8-3-9-17(16)32-21)20(28)24-11-13-5-4-10-31-13/h1-2,6-7,13H,3-5,8-12H2,(H,24,28)(H,25,27)/t13-/m0/s1. The quantitative estimate of drug-likeness (QED) is 0.654. The van der Waals surface area contributed by atoms with Crippen molar-refractivity contribution >= 4 is 40.0 Å². The fraction of sp³-hybridized carbons (Fsp3) is 0.391. The highest BCUT2D eigenvalue weighted by molar-refractivity contribution is 7.17. The molecule has 3 aliphatic rings. The van der Waals surface area contributed by atoms with Crippen molar-refractivity contribution in [3.05, 3.63) is 51.4 Å². The van der Waals surface area contributed by atoms with Gasteiger partial charge in [0.05, 0.1) is 22.8 Å². The van der Waals surface area contributed by atoms with Crippen molar-refractivity contribution in [2.45, 2.75) is 38.2 Å². The van der Waals surface area contributed by atoms with Crippen molar-refractivity contribution < 1.29 is 23.9 Å². The van der Waals surface area contributed by atoms with E-state index in [-0.39, 0.29) is 12.0 Å². The number of aryl methyl sites for hydroxylation is 1. The van der Waals surface area contributed by atoms with Gasteiger partial charge in [-0.25, -0.2) is 0 Å². The van der Waals surface area contributed by atoms with Gasteiger partial charge < -0.3 is 15.4 Å². The van der Waals surface area contributed by atoms with Crippen molar-refractivity contribution in [2.24, 2.45) is 0 Å². The molecule has 1 aromatic heterocycles. The molecule has 8 nitrogen and oxygen atoms in total. The lowest BCUT2D eigenvalue weighted by atomic mass is 10.1. The van der Waals surface area contributed by atoms with E-state index in [9.17, 15) is 19.2 Å². The first-order chi connectivity index (χ1) is 15.5. The van der Waals surface area contributed by atoms with Crippen LogP contribution < -0.4 is 10.6 Å². The summed E-state index contributed by atoms with van der Waals surface area (Å²) in [5, 5.41) is 6.20. The van der Waals surface area contributed by atoms with Gasteiger partial charge in [0.15, 0.2) is 0 Å². The van der Waals surface area contributed by atoms with Gasteiger partial charge in [-0.1, -0.05) is 12.1 Å². The third kappa shape index (κ3) is 3.71. The third-order valence-corrected chi connectivity index (χ3v) is 7.30. The number of hydrogen-bond donors (Lipinski definition) is 2. The first kappa shape index (κ1) is 20.8.